The number of aromatic nitrogens is 3. The maximum atomic E-state index is 5.33. The summed E-state index contributed by atoms with van der Waals surface area (Å²) < 4.78 is 5.33. The lowest BCUT2D eigenvalue weighted by molar-refractivity contribution is 0.312. The first-order valence-electron chi connectivity index (χ1n) is 6.88. The van der Waals surface area contributed by atoms with Crippen LogP contribution in [0.1, 0.15) is 40.5 Å². The predicted molar refractivity (Wildman–Crippen MR) is 77.7 cm³/mol. The number of nitrogens with one attached hydrogen (secondary N) is 2. The molecule has 0 saturated carbocycles. The molecule has 19 heavy (non-hydrogen) atoms. The zero-order valence-electron chi connectivity index (χ0n) is 12.5. The molecular weight excluding hydrogens is 242 g/mol. The van der Waals surface area contributed by atoms with Crippen LogP contribution < -0.4 is 15.4 Å². The van der Waals surface area contributed by atoms with Crippen LogP contribution >= 0.6 is 0 Å². The van der Waals surface area contributed by atoms with Crippen molar-refractivity contribution in [1.82, 2.24) is 15.0 Å². The molecule has 0 spiro atoms. The fraction of sp³-hybridized carbons (Fsp3) is 0.769. The van der Waals surface area contributed by atoms with Gasteiger partial charge < -0.3 is 15.4 Å². The number of ether oxygens (including phenoxy) is 1. The van der Waals surface area contributed by atoms with Gasteiger partial charge in [-0.3, -0.25) is 0 Å². The third-order valence-corrected chi connectivity index (χ3v) is 2.66. The van der Waals surface area contributed by atoms with Crippen molar-refractivity contribution in [2.24, 2.45) is 5.92 Å². The Bertz CT molecular complexity index is 383. The first-order valence-corrected chi connectivity index (χ1v) is 6.88. The fourth-order valence-electron chi connectivity index (χ4n) is 1.60. The molecule has 0 bridgehead atoms. The van der Waals surface area contributed by atoms with Crippen molar-refractivity contribution in [1.29, 1.82) is 0 Å². The highest BCUT2D eigenvalue weighted by molar-refractivity contribution is 5.35. The predicted octanol–water partition coefficient (Wildman–Crippen LogP) is 2.55. The van der Waals surface area contributed by atoms with Crippen LogP contribution in [0.25, 0.3) is 0 Å². The van der Waals surface area contributed by atoms with Crippen LogP contribution in [-0.2, 0) is 0 Å². The zero-order chi connectivity index (χ0) is 14.3. The average Bonchev–Trinajstić information content (AvgIpc) is 2.36. The monoisotopic (exact) mass is 267 g/mol. The molecule has 108 valence electrons. The second-order valence-electron chi connectivity index (χ2n) is 4.96. The van der Waals surface area contributed by atoms with E-state index in [1.54, 1.807) is 7.05 Å². The second kappa shape index (κ2) is 7.76. The number of hydrogen-bond donors (Lipinski definition) is 2. The molecule has 2 N–H and O–H groups in total. The van der Waals surface area contributed by atoms with Crippen molar-refractivity contribution in [2.75, 3.05) is 24.3 Å². The molecule has 6 nitrogen and oxygen atoms in total. The van der Waals surface area contributed by atoms with Crippen molar-refractivity contribution in [3.05, 3.63) is 0 Å². The molecule has 1 atom stereocenters. The van der Waals surface area contributed by atoms with Gasteiger partial charge in [-0.15, -0.1) is 0 Å². The molecular formula is C13H25N5O. The molecule has 1 aromatic heterocycles. The Morgan fingerprint density at radius 2 is 1.74 bits per heavy atom. The van der Waals surface area contributed by atoms with Gasteiger partial charge in [-0.25, -0.2) is 0 Å². The number of anilines is 2. The van der Waals surface area contributed by atoms with Gasteiger partial charge in [0, 0.05) is 13.1 Å². The molecule has 1 unspecified atom stereocenters. The molecule has 1 aromatic rings. The lowest BCUT2D eigenvalue weighted by Gasteiger charge is -2.15. The highest BCUT2D eigenvalue weighted by Crippen LogP contribution is 2.14. The van der Waals surface area contributed by atoms with Crippen LogP contribution in [-0.4, -0.2) is 34.6 Å². The quantitative estimate of drug-likeness (QED) is 0.754. The summed E-state index contributed by atoms with van der Waals surface area (Å²) in [5.74, 6) is 1.77. The molecule has 0 aliphatic rings. The van der Waals surface area contributed by atoms with E-state index in [1.165, 1.54) is 6.42 Å². The molecule has 0 saturated heterocycles. The summed E-state index contributed by atoms with van der Waals surface area (Å²) in [6, 6.07) is 0.671. The van der Waals surface area contributed by atoms with Crippen LogP contribution in [0.5, 0.6) is 6.01 Å². The van der Waals surface area contributed by atoms with Crippen LogP contribution in [0.15, 0.2) is 0 Å². The lowest BCUT2D eigenvalue weighted by Crippen LogP contribution is -2.19. The van der Waals surface area contributed by atoms with Crippen LogP contribution in [0, 0.1) is 5.92 Å². The summed E-state index contributed by atoms with van der Waals surface area (Å²) in [6.45, 7) is 9.02. The van der Waals surface area contributed by atoms with E-state index in [-0.39, 0.29) is 0 Å². The number of rotatable bonds is 8. The summed E-state index contributed by atoms with van der Waals surface area (Å²) in [6.07, 6.45) is 2.26. The Labute approximate surface area is 115 Å². The Kier molecular flexibility index (Phi) is 6.32. The summed E-state index contributed by atoms with van der Waals surface area (Å²) in [4.78, 5) is 12.6. The Hall–Kier alpha value is -1.59. The minimum Gasteiger partial charge on any atom is -0.464 e. The highest BCUT2D eigenvalue weighted by atomic mass is 16.5. The molecule has 1 rings (SSSR count). The van der Waals surface area contributed by atoms with Crippen molar-refractivity contribution in [3.63, 3.8) is 0 Å². The molecule has 0 aliphatic carbocycles. The summed E-state index contributed by atoms with van der Waals surface area (Å²) >= 11 is 0. The van der Waals surface area contributed by atoms with Gasteiger partial charge in [-0.1, -0.05) is 13.8 Å². The van der Waals surface area contributed by atoms with Crippen molar-refractivity contribution in [3.8, 4) is 6.01 Å². The van der Waals surface area contributed by atoms with E-state index in [1.807, 2.05) is 6.92 Å². The van der Waals surface area contributed by atoms with Gasteiger partial charge in [0.15, 0.2) is 0 Å². The molecule has 0 fully saturated rings. The van der Waals surface area contributed by atoms with Gasteiger partial charge in [0.1, 0.15) is 0 Å². The van der Waals surface area contributed by atoms with E-state index in [9.17, 15) is 0 Å². The summed E-state index contributed by atoms with van der Waals surface area (Å²) in [5, 5.41) is 6.20. The maximum absolute atomic E-state index is 5.33. The van der Waals surface area contributed by atoms with Crippen molar-refractivity contribution in [2.45, 2.75) is 46.6 Å². The fourth-order valence-corrected chi connectivity index (χ4v) is 1.60. The average molecular weight is 267 g/mol. The SMILES string of the molecule is CCOc1nc(NC)nc(NC(C)CCC(C)C)n1. The van der Waals surface area contributed by atoms with E-state index >= 15 is 0 Å². The van der Waals surface area contributed by atoms with Gasteiger partial charge in [-0.2, -0.15) is 15.0 Å². The topological polar surface area (TPSA) is 72.0 Å². The van der Waals surface area contributed by atoms with Gasteiger partial charge in [0.05, 0.1) is 6.61 Å². The first kappa shape index (κ1) is 15.5. The van der Waals surface area contributed by atoms with E-state index in [0.29, 0.717) is 36.5 Å². The van der Waals surface area contributed by atoms with Gasteiger partial charge >= 0.3 is 6.01 Å². The summed E-state index contributed by atoms with van der Waals surface area (Å²) in [5.41, 5.74) is 0. The van der Waals surface area contributed by atoms with E-state index < -0.39 is 0 Å². The van der Waals surface area contributed by atoms with Crippen molar-refractivity contribution >= 4 is 11.9 Å². The lowest BCUT2D eigenvalue weighted by atomic mass is 10.0. The molecule has 0 radical (unpaired) electrons. The normalized spacial score (nSPS) is 12.3. The van der Waals surface area contributed by atoms with E-state index in [4.69, 9.17) is 4.74 Å². The first-order chi connectivity index (χ1) is 9.05. The molecule has 0 aliphatic heterocycles. The number of nitrogens with zero attached hydrogens (tertiary/aromatic N) is 3. The Morgan fingerprint density at radius 3 is 2.32 bits per heavy atom. The highest BCUT2D eigenvalue weighted by Gasteiger charge is 2.09. The van der Waals surface area contributed by atoms with Crippen LogP contribution in [0.3, 0.4) is 0 Å². The minimum atomic E-state index is 0.323. The Morgan fingerprint density at radius 1 is 1.05 bits per heavy atom. The van der Waals surface area contributed by atoms with Crippen LogP contribution in [0.2, 0.25) is 0 Å². The maximum Gasteiger partial charge on any atom is 0.323 e. The van der Waals surface area contributed by atoms with Crippen LogP contribution in [0.4, 0.5) is 11.9 Å². The van der Waals surface area contributed by atoms with E-state index in [2.05, 4.69) is 46.4 Å². The van der Waals surface area contributed by atoms with Gasteiger partial charge in [0.25, 0.3) is 0 Å². The van der Waals surface area contributed by atoms with E-state index in [0.717, 1.165) is 6.42 Å². The summed E-state index contributed by atoms with van der Waals surface area (Å²) in [7, 11) is 1.77. The zero-order valence-corrected chi connectivity index (χ0v) is 12.5. The molecule has 1 heterocycles. The van der Waals surface area contributed by atoms with Gasteiger partial charge in [-0.05, 0) is 32.6 Å². The minimum absolute atomic E-state index is 0.323. The Balaban J connectivity index is 2.67. The smallest absolute Gasteiger partial charge is 0.323 e. The second-order valence-corrected chi connectivity index (χ2v) is 4.96. The largest absolute Gasteiger partial charge is 0.464 e. The van der Waals surface area contributed by atoms with Gasteiger partial charge in [0.2, 0.25) is 11.9 Å². The standard InChI is InChI=1S/C13H25N5O/c1-6-19-13-17-11(14-5)16-12(18-13)15-10(4)8-7-9(2)3/h9-10H,6-8H2,1-5H3,(H2,14,15,16,17,18). The molecule has 0 aromatic carbocycles. The molecule has 6 heteroatoms. The third kappa shape index (κ3) is 5.72. The number of hydrogen-bond acceptors (Lipinski definition) is 6. The molecule has 0 amide bonds. The third-order valence-electron chi connectivity index (χ3n) is 2.66. The van der Waals surface area contributed by atoms with Crippen molar-refractivity contribution < 1.29 is 4.74 Å².